The van der Waals surface area contributed by atoms with Crippen molar-refractivity contribution >= 4 is 58.4 Å². The van der Waals surface area contributed by atoms with Gasteiger partial charge in [0.2, 0.25) is 0 Å². The molecule has 2 aromatic heterocycles. The van der Waals surface area contributed by atoms with Crippen LogP contribution in [-0.4, -0.2) is 9.97 Å². The van der Waals surface area contributed by atoms with Crippen molar-refractivity contribution in [3.05, 3.63) is 253 Å². The molecule has 0 spiro atoms. The molecule has 0 N–H and O–H groups in total. The molecule has 0 saturated heterocycles. The average molecular weight is 747 g/mol. The molecule has 2 heterocycles. The molecule has 0 bridgehead atoms. The number of rotatable bonds is 13. The van der Waals surface area contributed by atoms with E-state index in [1.54, 1.807) is 0 Å². The van der Waals surface area contributed by atoms with E-state index in [1.807, 2.05) is 48.8 Å². The number of nitrogens with zero attached hydrogens (tertiary/aromatic N) is 4. The first-order valence-corrected chi connectivity index (χ1v) is 19.4. The lowest BCUT2D eigenvalue weighted by Crippen LogP contribution is -2.09. The number of benzene rings is 6. The van der Waals surface area contributed by atoms with Gasteiger partial charge in [0.1, 0.15) is 0 Å². The summed E-state index contributed by atoms with van der Waals surface area (Å²) in [5.41, 5.74) is 12.7. The van der Waals surface area contributed by atoms with Gasteiger partial charge < -0.3 is 9.80 Å². The summed E-state index contributed by atoms with van der Waals surface area (Å²) in [4.78, 5) is 13.8. The molecule has 0 aliphatic rings. The van der Waals surface area contributed by atoms with Crippen molar-refractivity contribution < 1.29 is 0 Å². The van der Waals surface area contributed by atoms with Crippen molar-refractivity contribution in [3.63, 3.8) is 0 Å². The van der Waals surface area contributed by atoms with E-state index in [0.717, 1.165) is 67.8 Å². The maximum atomic E-state index is 4.63. The molecule has 0 saturated carbocycles. The molecule has 4 nitrogen and oxygen atoms in total. The monoisotopic (exact) mass is 746 g/mol. The van der Waals surface area contributed by atoms with Crippen LogP contribution in [-0.2, 0) is 0 Å². The van der Waals surface area contributed by atoms with Crippen molar-refractivity contribution in [3.8, 4) is 11.4 Å². The van der Waals surface area contributed by atoms with Gasteiger partial charge in [-0.15, -0.1) is 0 Å². The predicted molar refractivity (Wildman–Crippen MR) is 246 cm³/mol. The zero-order valence-electron chi connectivity index (χ0n) is 32.0. The van der Waals surface area contributed by atoms with Crippen molar-refractivity contribution in [1.29, 1.82) is 0 Å². The normalized spacial score (nSPS) is 11.5. The van der Waals surface area contributed by atoms with E-state index >= 15 is 0 Å². The average Bonchev–Trinajstić information content (AvgIpc) is 3.29. The molecule has 8 aromatic rings. The Morgan fingerprint density at radius 1 is 0.276 bits per heavy atom. The van der Waals surface area contributed by atoms with E-state index in [4.69, 9.17) is 0 Å². The summed E-state index contributed by atoms with van der Waals surface area (Å²) in [6.07, 6.45) is 20.3. The lowest BCUT2D eigenvalue weighted by molar-refractivity contribution is 1.24. The van der Waals surface area contributed by atoms with Crippen LogP contribution in [0.3, 0.4) is 0 Å². The van der Waals surface area contributed by atoms with E-state index in [-0.39, 0.29) is 0 Å². The zero-order valence-corrected chi connectivity index (χ0v) is 32.0. The third kappa shape index (κ3) is 9.51. The molecule has 0 radical (unpaired) electrons. The summed E-state index contributed by atoms with van der Waals surface area (Å²) in [5, 5.41) is 0. The molecule has 6 aromatic carbocycles. The smallest absolute Gasteiger partial charge is 0.0892 e. The molecule has 278 valence electrons. The molecule has 0 unspecified atom stereocenters. The fourth-order valence-electron chi connectivity index (χ4n) is 6.72. The fourth-order valence-corrected chi connectivity index (χ4v) is 6.72. The molecule has 58 heavy (non-hydrogen) atoms. The number of pyridine rings is 2. The Morgan fingerprint density at radius 2 is 0.552 bits per heavy atom. The lowest BCUT2D eigenvalue weighted by Gasteiger charge is -2.25. The second kappa shape index (κ2) is 18.7. The first-order chi connectivity index (χ1) is 28.8. The van der Waals surface area contributed by atoms with E-state index in [1.165, 1.54) is 0 Å². The molecule has 0 amide bonds. The SMILES string of the molecule is C(/C=C/c1ccnc(-c2cc(/C=C/C=C/c3ccc(N(c4ccccc4)c4ccccc4)cc3)ccn2)c1)=C\c1ccc(N(c2ccccc2)c2ccccc2)cc1. The van der Waals surface area contributed by atoms with Gasteiger partial charge in [-0.25, -0.2) is 0 Å². The second-order valence-corrected chi connectivity index (χ2v) is 13.6. The molecule has 0 aliphatic heterocycles. The van der Waals surface area contributed by atoms with Crippen LogP contribution in [0, 0.1) is 0 Å². The third-order valence-electron chi connectivity index (χ3n) is 9.57. The van der Waals surface area contributed by atoms with Crippen LogP contribution >= 0.6 is 0 Å². The lowest BCUT2D eigenvalue weighted by atomic mass is 10.1. The fraction of sp³-hybridized carbons (Fsp3) is 0. The van der Waals surface area contributed by atoms with Gasteiger partial charge in [-0.05, 0) is 119 Å². The van der Waals surface area contributed by atoms with E-state index < -0.39 is 0 Å². The summed E-state index contributed by atoms with van der Waals surface area (Å²) in [5.74, 6) is 0. The predicted octanol–water partition coefficient (Wildman–Crippen LogP) is 14.5. The van der Waals surface area contributed by atoms with Crippen LogP contribution in [0.5, 0.6) is 0 Å². The van der Waals surface area contributed by atoms with Crippen molar-refractivity contribution in [2.24, 2.45) is 0 Å². The Kier molecular flexibility index (Phi) is 12.0. The Balaban J connectivity index is 0.892. The highest BCUT2D eigenvalue weighted by Gasteiger charge is 2.12. The van der Waals surface area contributed by atoms with Gasteiger partial charge in [-0.2, -0.15) is 0 Å². The number of aromatic nitrogens is 2. The molecule has 0 atom stereocenters. The molecule has 8 rings (SSSR count). The number of allylic oxidation sites excluding steroid dienone is 4. The van der Waals surface area contributed by atoms with Crippen molar-refractivity contribution in [2.45, 2.75) is 0 Å². The Hall–Kier alpha value is -7.82. The number of hydrogen-bond acceptors (Lipinski definition) is 4. The minimum Gasteiger partial charge on any atom is -0.311 e. The first-order valence-electron chi connectivity index (χ1n) is 19.4. The maximum Gasteiger partial charge on any atom is 0.0892 e. The van der Waals surface area contributed by atoms with Gasteiger partial charge in [0, 0.05) is 46.5 Å². The largest absolute Gasteiger partial charge is 0.311 e. The minimum atomic E-state index is 0.828. The summed E-state index contributed by atoms with van der Waals surface area (Å²) in [7, 11) is 0. The number of para-hydroxylation sites is 4. The highest BCUT2D eigenvalue weighted by molar-refractivity contribution is 5.78. The molecule has 0 fully saturated rings. The Labute approximate surface area is 341 Å². The molecular formula is C54H42N4. The van der Waals surface area contributed by atoms with Gasteiger partial charge >= 0.3 is 0 Å². The van der Waals surface area contributed by atoms with Gasteiger partial charge in [0.25, 0.3) is 0 Å². The minimum absolute atomic E-state index is 0.828. The zero-order chi connectivity index (χ0) is 39.2. The van der Waals surface area contributed by atoms with Crippen LogP contribution < -0.4 is 9.80 Å². The first kappa shape index (κ1) is 37.1. The standard InChI is InChI=1S/C54H42N4/c1-5-21-47(22-6-1)57(48-23-7-2-8-24-48)51-33-29-43(30-34-51)17-13-15-19-45-37-39-55-53(41-45)54-42-46(38-40-56-54)20-16-14-18-44-31-35-52(36-32-44)58(49-25-9-3-10-26-49)50-27-11-4-12-28-50/h1-42H/b17-13+,18-14+,19-15+,20-16+. The van der Waals surface area contributed by atoms with E-state index in [2.05, 4.69) is 226 Å². The van der Waals surface area contributed by atoms with Gasteiger partial charge in [0.05, 0.1) is 11.4 Å². The maximum absolute atomic E-state index is 4.63. The molecule has 4 heteroatoms. The summed E-state index contributed by atoms with van der Waals surface area (Å²) >= 11 is 0. The van der Waals surface area contributed by atoms with Crippen molar-refractivity contribution in [1.82, 2.24) is 9.97 Å². The highest BCUT2D eigenvalue weighted by atomic mass is 15.1. The van der Waals surface area contributed by atoms with E-state index in [9.17, 15) is 0 Å². The third-order valence-corrected chi connectivity index (χ3v) is 9.57. The number of anilines is 6. The van der Waals surface area contributed by atoms with Crippen LogP contribution in [0.2, 0.25) is 0 Å². The summed E-state index contributed by atoms with van der Waals surface area (Å²) in [6, 6.07) is 67.2. The second-order valence-electron chi connectivity index (χ2n) is 13.6. The Bertz CT molecular complexity index is 2370. The quantitative estimate of drug-likeness (QED) is 0.110. The van der Waals surface area contributed by atoms with Crippen molar-refractivity contribution in [2.75, 3.05) is 9.80 Å². The van der Waals surface area contributed by atoms with Crippen LogP contribution in [0.25, 0.3) is 35.7 Å². The van der Waals surface area contributed by atoms with Gasteiger partial charge in [-0.3, -0.25) is 9.97 Å². The van der Waals surface area contributed by atoms with Gasteiger partial charge in [0.15, 0.2) is 0 Å². The molecular weight excluding hydrogens is 705 g/mol. The van der Waals surface area contributed by atoms with Crippen LogP contribution in [0.15, 0.2) is 231 Å². The summed E-state index contributed by atoms with van der Waals surface area (Å²) in [6.45, 7) is 0. The van der Waals surface area contributed by atoms with Crippen LogP contribution in [0.1, 0.15) is 22.3 Å². The van der Waals surface area contributed by atoms with Gasteiger partial charge in [-0.1, -0.05) is 146 Å². The highest BCUT2D eigenvalue weighted by Crippen LogP contribution is 2.35. The summed E-state index contributed by atoms with van der Waals surface area (Å²) < 4.78 is 0. The Morgan fingerprint density at radius 3 is 0.862 bits per heavy atom. The van der Waals surface area contributed by atoms with Crippen LogP contribution in [0.4, 0.5) is 34.1 Å². The number of hydrogen-bond donors (Lipinski definition) is 0. The molecule has 0 aliphatic carbocycles. The topological polar surface area (TPSA) is 32.3 Å². The van der Waals surface area contributed by atoms with E-state index in [0.29, 0.717) is 0 Å².